The van der Waals surface area contributed by atoms with E-state index in [0.29, 0.717) is 23.6 Å². The summed E-state index contributed by atoms with van der Waals surface area (Å²) in [5, 5.41) is 10.2. The van der Waals surface area contributed by atoms with Crippen LogP contribution in [0.1, 0.15) is 38.8 Å². The van der Waals surface area contributed by atoms with E-state index in [1.54, 1.807) is 12.1 Å². The summed E-state index contributed by atoms with van der Waals surface area (Å²) in [5.41, 5.74) is 4.90. The van der Waals surface area contributed by atoms with Gasteiger partial charge in [-0.1, -0.05) is 72.3 Å². The topological polar surface area (TPSA) is 97.6 Å². The molecule has 12 heteroatoms. The van der Waals surface area contributed by atoms with Crippen molar-refractivity contribution in [1.29, 1.82) is 0 Å². The second-order valence-corrected chi connectivity index (χ2v) is 15.3. The first-order chi connectivity index (χ1) is 24.6. The van der Waals surface area contributed by atoms with Crippen LogP contribution in [-0.2, 0) is 22.9 Å². The third-order valence-electron chi connectivity index (χ3n) is 8.34. The highest BCUT2D eigenvalue weighted by Gasteiger charge is 2.26. The third-order valence-corrected chi connectivity index (χ3v) is 11.6. The Morgan fingerprint density at radius 1 is 0.863 bits per heavy atom. The van der Waals surface area contributed by atoms with Crippen molar-refractivity contribution in [3.05, 3.63) is 166 Å². The van der Waals surface area contributed by atoms with Gasteiger partial charge in [-0.15, -0.1) is 11.8 Å². The number of fused-ring (bicyclic) bond motifs is 1. The van der Waals surface area contributed by atoms with Gasteiger partial charge < -0.3 is 14.4 Å². The summed E-state index contributed by atoms with van der Waals surface area (Å²) in [6.07, 6.45) is 0.725. The quantitative estimate of drug-likeness (QED) is 0.102. The lowest BCUT2D eigenvalue weighted by Crippen LogP contribution is -2.28. The molecule has 0 amide bonds. The molecule has 5 aromatic carbocycles. The normalized spacial score (nSPS) is 11.7. The van der Waals surface area contributed by atoms with Gasteiger partial charge in [-0.25, -0.2) is 26.7 Å². The first kappa shape index (κ1) is 36.1. The zero-order valence-electron chi connectivity index (χ0n) is 27.1. The number of benzene rings is 5. The molecule has 1 heterocycles. The first-order valence-corrected chi connectivity index (χ1v) is 19.0. The molecule has 0 fully saturated rings. The fourth-order valence-corrected chi connectivity index (χ4v) is 8.49. The van der Waals surface area contributed by atoms with E-state index in [0.717, 1.165) is 57.2 Å². The maximum Gasteiger partial charge on any atom is 0.335 e. The molecule has 262 valence electrons. The van der Waals surface area contributed by atoms with Crippen molar-refractivity contribution in [3.8, 4) is 5.75 Å². The average molecular weight is 747 g/mol. The van der Waals surface area contributed by atoms with Gasteiger partial charge in [0.15, 0.2) is 0 Å². The van der Waals surface area contributed by atoms with Crippen LogP contribution in [0, 0.1) is 11.6 Å². The summed E-state index contributed by atoms with van der Waals surface area (Å²) >= 11 is 7.35. The number of nitrogens with zero attached hydrogens (tertiary/aromatic N) is 1. The molecule has 0 atom stereocenters. The Bertz CT molecular complexity index is 2210. The minimum absolute atomic E-state index is 0.0345. The lowest BCUT2D eigenvalue weighted by molar-refractivity contribution is 0.0696. The Labute approximate surface area is 303 Å². The minimum atomic E-state index is -3.87. The molecule has 1 aromatic heterocycles. The summed E-state index contributed by atoms with van der Waals surface area (Å²) in [6, 6.07) is 34.7. The van der Waals surface area contributed by atoms with Crippen LogP contribution in [0.15, 0.2) is 126 Å². The highest BCUT2D eigenvalue weighted by molar-refractivity contribution is 8.11. The van der Waals surface area contributed by atoms with Gasteiger partial charge in [-0.3, -0.25) is 0 Å². The van der Waals surface area contributed by atoms with Crippen molar-refractivity contribution in [2.45, 2.75) is 23.8 Å². The molecule has 0 aliphatic rings. The number of carboxylic acid groups (broad SMARTS) is 1. The fourth-order valence-electron chi connectivity index (χ4n) is 6.08. The van der Waals surface area contributed by atoms with Crippen LogP contribution in [0.5, 0.6) is 5.75 Å². The van der Waals surface area contributed by atoms with Crippen LogP contribution in [0.3, 0.4) is 0 Å². The van der Waals surface area contributed by atoms with E-state index in [2.05, 4.69) is 33.6 Å². The van der Waals surface area contributed by atoms with Crippen LogP contribution < -0.4 is 9.46 Å². The highest BCUT2D eigenvalue weighted by atomic mass is 35.5. The zero-order chi connectivity index (χ0) is 36.0. The molecule has 51 heavy (non-hydrogen) atoms. The van der Waals surface area contributed by atoms with Crippen LogP contribution in [0.2, 0.25) is 5.02 Å². The van der Waals surface area contributed by atoms with Gasteiger partial charge in [0.25, 0.3) is 0 Å². The van der Waals surface area contributed by atoms with Gasteiger partial charge in [0, 0.05) is 52.0 Å². The molecular weight excluding hydrogens is 714 g/mol. The molecule has 2 N–H and O–H groups in total. The predicted octanol–water partition coefficient (Wildman–Crippen LogP) is 8.74. The fraction of sp³-hybridized carbons (Fsp3) is 0.154. The molecule has 0 bridgehead atoms. The Hall–Kier alpha value is -4.68. The van der Waals surface area contributed by atoms with Crippen molar-refractivity contribution in [2.24, 2.45) is 0 Å². The molecule has 0 saturated heterocycles. The first-order valence-electron chi connectivity index (χ1n) is 16.0. The number of aromatic carboxylic acids is 1. The molecule has 0 aliphatic carbocycles. The number of halogens is 3. The van der Waals surface area contributed by atoms with Crippen LogP contribution >= 0.6 is 23.4 Å². The minimum Gasteiger partial charge on any atom is -0.493 e. The number of aromatic nitrogens is 1. The summed E-state index contributed by atoms with van der Waals surface area (Å²) < 4.78 is 64.8. The number of hydrogen-bond donors (Lipinski definition) is 2. The molecule has 7 nitrogen and oxygen atoms in total. The molecule has 6 rings (SSSR count). The maximum atomic E-state index is 14.2. The Morgan fingerprint density at radius 3 is 2.16 bits per heavy atom. The van der Waals surface area contributed by atoms with E-state index in [-0.39, 0.29) is 29.7 Å². The van der Waals surface area contributed by atoms with Gasteiger partial charge >= 0.3 is 5.97 Å². The Morgan fingerprint density at radius 2 is 1.53 bits per heavy atom. The average Bonchev–Trinajstić information content (AvgIpc) is 3.40. The molecule has 0 aliphatic heterocycles. The van der Waals surface area contributed by atoms with Crippen molar-refractivity contribution >= 4 is 50.3 Å². The SMILES string of the molecule is O=C(O)c1ccc(OCCc2c(CCNS(=O)(=O)CSc3ccc(F)cc3F)n(C(c3ccccc3)c3ccccc3)c3ccc(Cl)cc23)cc1. The number of carbonyl (C=O) groups is 1. The van der Waals surface area contributed by atoms with E-state index < -0.39 is 32.7 Å². The lowest BCUT2D eigenvalue weighted by Gasteiger charge is -2.25. The number of nitrogens with one attached hydrogen (secondary N) is 1. The van der Waals surface area contributed by atoms with Gasteiger partial charge in [-0.05, 0) is 71.3 Å². The van der Waals surface area contributed by atoms with E-state index >= 15 is 0 Å². The van der Waals surface area contributed by atoms with Crippen molar-refractivity contribution in [3.63, 3.8) is 0 Å². The van der Waals surface area contributed by atoms with E-state index in [9.17, 15) is 27.1 Å². The number of sulfonamides is 1. The summed E-state index contributed by atoms with van der Waals surface area (Å²) in [7, 11) is -3.87. The second-order valence-electron chi connectivity index (χ2n) is 11.7. The number of carboxylic acids is 1. The van der Waals surface area contributed by atoms with Gasteiger partial charge in [-0.2, -0.15) is 0 Å². The zero-order valence-corrected chi connectivity index (χ0v) is 29.5. The van der Waals surface area contributed by atoms with Crippen molar-refractivity contribution in [2.75, 3.05) is 18.2 Å². The van der Waals surface area contributed by atoms with Crippen LogP contribution in [0.25, 0.3) is 10.9 Å². The summed E-state index contributed by atoms with van der Waals surface area (Å²) in [5.74, 6) is -2.08. The number of rotatable bonds is 15. The second kappa shape index (κ2) is 16.1. The van der Waals surface area contributed by atoms with Gasteiger partial charge in [0.2, 0.25) is 10.0 Å². The molecule has 0 radical (unpaired) electrons. The molecule has 0 saturated carbocycles. The van der Waals surface area contributed by atoms with E-state index in [1.165, 1.54) is 18.2 Å². The maximum absolute atomic E-state index is 14.2. The monoisotopic (exact) mass is 746 g/mol. The van der Waals surface area contributed by atoms with Gasteiger partial charge in [0.1, 0.15) is 22.5 Å². The van der Waals surface area contributed by atoms with E-state index in [1.807, 2.05) is 54.6 Å². The Balaban J connectivity index is 1.36. The molecule has 0 spiro atoms. The molecule has 6 aromatic rings. The highest BCUT2D eigenvalue weighted by Crippen LogP contribution is 2.38. The number of hydrogen-bond acceptors (Lipinski definition) is 5. The predicted molar refractivity (Wildman–Crippen MR) is 197 cm³/mol. The third kappa shape index (κ3) is 8.80. The number of thioether (sulfide) groups is 1. The van der Waals surface area contributed by atoms with Crippen molar-refractivity contribution < 1.29 is 31.8 Å². The Kier molecular flexibility index (Phi) is 11.4. The number of ether oxygens (including phenoxy) is 1. The standard InChI is InChI=1S/C39H33ClF2N2O5S2/c40-29-13-17-35-33(23-29)32(20-22-49-31-15-11-28(12-16-31)39(45)46)36(19-21-43-51(47,48)25-50-37-18-14-30(41)24-34(37)42)44(35)38(26-7-3-1-4-8-26)27-9-5-2-6-10-27/h1-18,23-24,38,43H,19-22,25H2,(H,45,46). The summed E-state index contributed by atoms with van der Waals surface area (Å²) in [6.45, 7) is 0.289. The lowest BCUT2D eigenvalue weighted by atomic mass is 9.97. The molecule has 0 unspecified atom stereocenters. The molecular formula is C39H33ClF2N2O5S2. The largest absolute Gasteiger partial charge is 0.493 e. The smallest absolute Gasteiger partial charge is 0.335 e. The van der Waals surface area contributed by atoms with Crippen molar-refractivity contribution in [1.82, 2.24) is 9.29 Å². The summed E-state index contributed by atoms with van der Waals surface area (Å²) in [4.78, 5) is 11.3. The van der Waals surface area contributed by atoms with E-state index in [4.69, 9.17) is 16.3 Å². The van der Waals surface area contributed by atoms with Gasteiger partial charge in [0.05, 0.1) is 18.2 Å². The van der Waals surface area contributed by atoms with Crippen LogP contribution in [0.4, 0.5) is 8.78 Å². The van der Waals surface area contributed by atoms with Crippen LogP contribution in [-0.4, -0.2) is 42.3 Å².